The molecule has 2 heteroatoms. The topological polar surface area (TPSA) is 21.3 Å². The molecule has 1 aliphatic heterocycles. The van der Waals surface area contributed by atoms with Gasteiger partial charge in [-0.15, -0.1) is 0 Å². The first-order chi connectivity index (χ1) is 9.93. The molecule has 1 aliphatic rings. The number of nitrogens with one attached hydrogen (secondary N) is 1. The average molecular weight is 284 g/mol. The van der Waals surface area contributed by atoms with Crippen LogP contribution < -0.4 is 5.32 Å². The molecule has 1 heterocycles. The van der Waals surface area contributed by atoms with Crippen molar-refractivity contribution in [1.82, 2.24) is 5.32 Å². The summed E-state index contributed by atoms with van der Waals surface area (Å²) in [6, 6.07) is 0. The van der Waals surface area contributed by atoms with E-state index in [1.165, 1.54) is 90.1 Å². The minimum Gasteiger partial charge on any atom is -0.381 e. The van der Waals surface area contributed by atoms with Crippen molar-refractivity contribution in [1.29, 1.82) is 0 Å². The van der Waals surface area contributed by atoms with Gasteiger partial charge in [0.05, 0.1) is 0 Å². The van der Waals surface area contributed by atoms with Gasteiger partial charge in [0.15, 0.2) is 0 Å². The van der Waals surface area contributed by atoms with Crippen LogP contribution in [0.4, 0.5) is 0 Å². The van der Waals surface area contributed by atoms with Gasteiger partial charge in [-0.1, -0.05) is 64.7 Å². The first-order valence-corrected chi connectivity index (χ1v) is 9.22. The summed E-state index contributed by atoms with van der Waals surface area (Å²) in [6.07, 6.45) is 16.8. The van der Waals surface area contributed by atoms with E-state index < -0.39 is 0 Å². The molecule has 1 fully saturated rings. The third-order valence-electron chi connectivity index (χ3n) is 4.48. The van der Waals surface area contributed by atoms with Gasteiger partial charge in [0, 0.05) is 13.2 Å². The molecule has 0 aromatic rings. The Kier molecular flexibility index (Phi) is 12.5. The van der Waals surface area contributed by atoms with E-state index in [9.17, 15) is 0 Å². The third-order valence-corrected chi connectivity index (χ3v) is 4.48. The molecule has 0 spiro atoms. The first-order valence-electron chi connectivity index (χ1n) is 9.22. The van der Waals surface area contributed by atoms with Crippen molar-refractivity contribution in [3.05, 3.63) is 0 Å². The molecule has 1 saturated heterocycles. The van der Waals surface area contributed by atoms with Gasteiger partial charge in [0.1, 0.15) is 0 Å². The Morgan fingerprint density at radius 1 is 0.800 bits per heavy atom. The molecule has 20 heavy (non-hydrogen) atoms. The van der Waals surface area contributed by atoms with Crippen LogP contribution in [0.15, 0.2) is 0 Å². The molecule has 0 amide bonds. The number of rotatable bonds is 13. The molecule has 2 nitrogen and oxygen atoms in total. The molecule has 120 valence electrons. The highest BCUT2D eigenvalue weighted by molar-refractivity contribution is 4.65. The lowest BCUT2D eigenvalue weighted by atomic mass is 10.0. The second-order valence-electron chi connectivity index (χ2n) is 6.44. The average Bonchev–Trinajstić information content (AvgIpc) is 2.49. The zero-order valence-electron chi connectivity index (χ0n) is 13.8. The van der Waals surface area contributed by atoms with Crippen LogP contribution in [0, 0.1) is 5.92 Å². The molecule has 0 aromatic heterocycles. The Morgan fingerprint density at radius 2 is 1.35 bits per heavy atom. The highest BCUT2D eigenvalue weighted by atomic mass is 16.5. The predicted molar refractivity (Wildman–Crippen MR) is 88.3 cm³/mol. The lowest BCUT2D eigenvalue weighted by Gasteiger charge is -2.22. The number of hydrogen-bond donors (Lipinski definition) is 1. The van der Waals surface area contributed by atoms with Crippen molar-refractivity contribution in [2.24, 2.45) is 5.92 Å². The van der Waals surface area contributed by atoms with Crippen LogP contribution in [0.25, 0.3) is 0 Å². The Balaban J connectivity index is 1.70. The van der Waals surface area contributed by atoms with Crippen LogP contribution in [0.5, 0.6) is 0 Å². The Hall–Kier alpha value is -0.0800. The van der Waals surface area contributed by atoms with Crippen LogP contribution >= 0.6 is 0 Å². The highest BCUT2D eigenvalue weighted by Gasteiger charge is 2.12. The Labute approximate surface area is 127 Å². The fourth-order valence-electron chi connectivity index (χ4n) is 2.99. The Bertz CT molecular complexity index is 190. The molecular formula is C18H37NO. The van der Waals surface area contributed by atoms with Gasteiger partial charge in [-0.25, -0.2) is 0 Å². The van der Waals surface area contributed by atoms with Crippen molar-refractivity contribution in [3.63, 3.8) is 0 Å². The van der Waals surface area contributed by atoms with Gasteiger partial charge < -0.3 is 10.1 Å². The summed E-state index contributed by atoms with van der Waals surface area (Å²) in [5.41, 5.74) is 0. The molecule has 0 aromatic carbocycles. The molecule has 0 bridgehead atoms. The summed E-state index contributed by atoms with van der Waals surface area (Å²) in [6.45, 7) is 6.67. The van der Waals surface area contributed by atoms with Crippen molar-refractivity contribution in [2.45, 2.75) is 84.0 Å². The van der Waals surface area contributed by atoms with Gasteiger partial charge in [0.2, 0.25) is 0 Å². The molecule has 0 radical (unpaired) electrons. The maximum absolute atomic E-state index is 5.39. The van der Waals surface area contributed by atoms with Crippen LogP contribution in [0.1, 0.15) is 84.0 Å². The summed E-state index contributed by atoms with van der Waals surface area (Å²) in [5, 5.41) is 3.62. The van der Waals surface area contributed by atoms with Gasteiger partial charge >= 0.3 is 0 Å². The number of unbranched alkanes of at least 4 members (excludes halogenated alkanes) is 9. The van der Waals surface area contributed by atoms with Crippen LogP contribution in [0.3, 0.4) is 0 Å². The second-order valence-corrected chi connectivity index (χ2v) is 6.44. The summed E-state index contributed by atoms with van der Waals surface area (Å²) in [4.78, 5) is 0. The Morgan fingerprint density at radius 3 is 1.95 bits per heavy atom. The molecule has 1 rings (SSSR count). The third kappa shape index (κ3) is 10.7. The molecule has 0 atom stereocenters. The van der Waals surface area contributed by atoms with E-state index in [2.05, 4.69) is 12.2 Å². The fourth-order valence-corrected chi connectivity index (χ4v) is 2.99. The lowest BCUT2D eigenvalue weighted by Crippen LogP contribution is -2.28. The van der Waals surface area contributed by atoms with E-state index >= 15 is 0 Å². The highest BCUT2D eigenvalue weighted by Crippen LogP contribution is 2.13. The van der Waals surface area contributed by atoms with Crippen molar-refractivity contribution >= 4 is 0 Å². The van der Waals surface area contributed by atoms with E-state index in [1.807, 2.05) is 0 Å². The second kappa shape index (κ2) is 13.9. The van der Waals surface area contributed by atoms with Gasteiger partial charge in [-0.2, -0.15) is 0 Å². The first kappa shape index (κ1) is 18.0. The number of ether oxygens (including phenoxy) is 1. The van der Waals surface area contributed by atoms with E-state index in [-0.39, 0.29) is 0 Å². The zero-order valence-corrected chi connectivity index (χ0v) is 13.8. The largest absolute Gasteiger partial charge is 0.381 e. The summed E-state index contributed by atoms with van der Waals surface area (Å²) in [5.74, 6) is 0.867. The van der Waals surface area contributed by atoms with Gasteiger partial charge in [0.25, 0.3) is 0 Å². The smallest absolute Gasteiger partial charge is 0.0469 e. The van der Waals surface area contributed by atoms with Crippen molar-refractivity contribution in [2.75, 3.05) is 26.3 Å². The van der Waals surface area contributed by atoms with Crippen molar-refractivity contribution in [3.8, 4) is 0 Å². The minimum absolute atomic E-state index is 0.867. The van der Waals surface area contributed by atoms with E-state index in [4.69, 9.17) is 4.74 Å². The van der Waals surface area contributed by atoms with E-state index in [0.29, 0.717) is 0 Å². The standard InChI is InChI=1S/C18H37NO/c1-2-3-4-5-6-7-8-9-10-11-14-19-17-18-12-15-20-16-13-18/h18-19H,2-17H2,1H3. The van der Waals surface area contributed by atoms with Crippen LogP contribution in [0.2, 0.25) is 0 Å². The SMILES string of the molecule is CCCCCCCCCCCCNCC1CCOCC1. The molecular weight excluding hydrogens is 246 g/mol. The monoisotopic (exact) mass is 283 g/mol. The maximum Gasteiger partial charge on any atom is 0.0469 e. The minimum atomic E-state index is 0.867. The lowest BCUT2D eigenvalue weighted by molar-refractivity contribution is 0.0663. The molecule has 0 aliphatic carbocycles. The number of hydrogen-bond acceptors (Lipinski definition) is 2. The molecule has 1 N–H and O–H groups in total. The quantitative estimate of drug-likeness (QED) is 0.484. The van der Waals surface area contributed by atoms with E-state index in [0.717, 1.165) is 19.1 Å². The molecule has 0 unspecified atom stereocenters. The van der Waals surface area contributed by atoms with Gasteiger partial charge in [-0.3, -0.25) is 0 Å². The predicted octanol–water partition coefficient (Wildman–Crippen LogP) is 4.92. The summed E-state index contributed by atoms with van der Waals surface area (Å²) < 4.78 is 5.39. The van der Waals surface area contributed by atoms with Gasteiger partial charge in [-0.05, 0) is 38.3 Å². The summed E-state index contributed by atoms with van der Waals surface area (Å²) in [7, 11) is 0. The van der Waals surface area contributed by atoms with E-state index in [1.54, 1.807) is 0 Å². The molecule has 0 saturated carbocycles. The zero-order chi connectivity index (χ0) is 14.3. The summed E-state index contributed by atoms with van der Waals surface area (Å²) >= 11 is 0. The fraction of sp³-hybridized carbons (Fsp3) is 1.00. The van der Waals surface area contributed by atoms with Crippen molar-refractivity contribution < 1.29 is 4.74 Å². The maximum atomic E-state index is 5.39. The van der Waals surface area contributed by atoms with Crippen LogP contribution in [-0.4, -0.2) is 26.3 Å². The normalized spacial score (nSPS) is 16.6. The van der Waals surface area contributed by atoms with Crippen LogP contribution in [-0.2, 0) is 4.74 Å².